The van der Waals surface area contributed by atoms with Crippen molar-refractivity contribution in [2.24, 2.45) is 5.92 Å². The van der Waals surface area contributed by atoms with Crippen molar-refractivity contribution in [2.45, 2.75) is 26.8 Å². The van der Waals surface area contributed by atoms with Crippen molar-refractivity contribution in [3.63, 3.8) is 0 Å². The van der Waals surface area contributed by atoms with Crippen LogP contribution in [0.25, 0.3) is 5.65 Å². The fourth-order valence-electron chi connectivity index (χ4n) is 1.64. The van der Waals surface area contributed by atoms with Gasteiger partial charge in [-0.1, -0.05) is 13.8 Å². The SMILES string of the molecule is CC(C)CNC(=O)C(C)Nc1ccn2nccc2n1. The standard InChI is InChI=1S/C13H19N5O/c1-9(2)8-14-13(19)10(3)16-11-5-7-18-12(17-11)4-6-15-18/h4-7,9-10H,8H2,1-3H3,(H,14,19)(H,16,17). The van der Waals surface area contributed by atoms with Crippen LogP contribution in [-0.2, 0) is 4.79 Å². The zero-order valence-electron chi connectivity index (χ0n) is 11.4. The van der Waals surface area contributed by atoms with Crippen molar-refractivity contribution in [1.82, 2.24) is 19.9 Å². The first-order valence-corrected chi connectivity index (χ1v) is 6.41. The van der Waals surface area contributed by atoms with Crippen LogP contribution < -0.4 is 10.6 Å². The summed E-state index contributed by atoms with van der Waals surface area (Å²) in [6.07, 6.45) is 3.49. The van der Waals surface area contributed by atoms with Gasteiger partial charge in [0, 0.05) is 18.8 Å². The molecule has 2 heterocycles. The number of fused-ring (bicyclic) bond motifs is 1. The van der Waals surface area contributed by atoms with Crippen LogP contribution in [0, 0.1) is 5.92 Å². The maximum Gasteiger partial charge on any atom is 0.242 e. The van der Waals surface area contributed by atoms with Crippen molar-refractivity contribution in [3.05, 3.63) is 24.5 Å². The summed E-state index contributed by atoms with van der Waals surface area (Å²) in [4.78, 5) is 16.2. The molecule has 102 valence electrons. The van der Waals surface area contributed by atoms with E-state index in [0.717, 1.165) is 5.65 Å². The third kappa shape index (κ3) is 3.43. The number of nitrogens with zero attached hydrogens (tertiary/aromatic N) is 3. The maximum atomic E-state index is 11.8. The Kier molecular flexibility index (Phi) is 3.99. The lowest BCUT2D eigenvalue weighted by Gasteiger charge is -2.15. The molecule has 1 atom stereocenters. The number of anilines is 1. The van der Waals surface area contributed by atoms with Gasteiger partial charge in [0.2, 0.25) is 5.91 Å². The highest BCUT2D eigenvalue weighted by Crippen LogP contribution is 2.07. The summed E-state index contributed by atoms with van der Waals surface area (Å²) in [5.41, 5.74) is 0.750. The summed E-state index contributed by atoms with van der Waals surface area (Å²) in [5.74, 6) is 1.08. The van der Waals surface area contributed by atoms with Crippen molar-refractivity contribution >= 4 is 17.4 Å². The summed E-state index contributed by atoms with van der Waals surface area (Å²) >= 11 is 0. The Morgan fingerprint density at radius 3 is 2.89 bits per heavy atom. The lowest BCUT2D eigenvalue weighted by molar-refractivity contribution is -0.121. The van der Waals surface area contributed by atoms with Crippen LogP contribution >= 0.6 is 0 Å². The van der Waals surface area contributed by atoms with Gasteiger partial charge in [-0.3, -0.25) is 4.79 Å². The topological polar surface area (TPSA) is 71.3 Å². The predicted octanol–water partition coefficient (Wildman–Crippen LogP) is 1.30. The Morgan fingerprint density at radius 2 is 2.16 bits per heavy atom. The minimum atomic E-state index is -0.323. The Morgan fingerprint density at radius 1 is 1.37 bits per heavy atom. The number of hydrogen-bond donors (Lipinski definition) is 2. The van der Waals surface area contributed by atoms with E-state index in [0.29, 0.717) is 18.3 Å². The third-order valence-corrected chi connectivity index (χ3v) is 2.70. The van der Waals surface area contributed by atoms with Crippen molar-refractivity contribution < 1.29 is 4.79 Å². The van der Waals surface area contributed by atoms with Crippen LogP contribution in [-0.4, -0.2) is 33.1 Å². The Labute approximate surface area is 112 Å². The molecule has 0 aliphatic heterocycles. The highest BCUT2D eigenvalue weighted by molar-refractivity contribution is 5.83. The van der Waals surface area contributed by atoms with Crippen LogP contribution in [0.15, 0.2) is 24.5 Å². The van der Waals surface area contributed by atoms with Gasteiger partial charge in [0.15, 0.2) is 5.65 Å². The Hall–Kier alpha value is -2.11. The first-order valence-electron chi connectivity index (χ1n) is 6.41. The largest absolute Gasteiger partial charge is 0.359 e. The number of nitrogens with one attached hydrogen (secondary N) is 2. The van der Waals surface area contributed by atoms with Gasteiger partial charge < -0.3 is 10.6 Å². The third-order valence-electron chi connectivity index (χ3n) is 2.70. The average molecular weight is 261 g/mol. The molecule has 0 saturated carbocycles. The van der Waals surface area contributed by atoms with Gasteiger partial charge in [-0.15, -0.1) is 0 Å². The lowest BCUT2D eigenvalue weighted by Crippen LogP contribution is -2.39. The van der Waals surface area contributed by atoms with Crippen LogP contribution in [0.3, 0.4) is 0 Å². The van der Waals surface area contributed by atoms with Crippen LogP contribution in [0.5, 0.6) is 0 Å². The van der Waals surface area contributed by atoms with Gasteiger partial charge in [-0.2, -0.15) is 5.10 Å². The molecule has 2 aromatic rings. The maximum absolute atomic E-state index is 11.8. The lowest BCUT2D eigenvalue weighted by atomic mass is 10.2. The molecule has 0 bridgehead atoms. The monoisotopic (exact) mass is 261 g/mol. The normalized spacial score (nSPS) is 12.6. The fraction of sp³-hybridized carbons (Fsp3) is 0.462. The smallest absolute Gasteiger partial charge is 0.242 e. The van der Waals surface area contributed by atoms with Crippen LogP contribution in [0.1, 0.15) is 20.8 Å². The van der Waals surface area contributed by atoms with E-state index >= 15 is 0 Å². The first kappa shape index (κ1) is 13.3. The number of carbonyl (C=O) groups excluding carboxylic acids is 1. The van der Waals surface area contributed by atoms with E-state index in [1.54, 1.807) is 16.8 Å². The van der Waals surface area contributed by atoms with Crippen LogP contribution in [0.4, 0.5) is 5.82 Å². The molecule has 1 amide bonds. The van der Waals surface area contributed by atoms with E-state index in [1.165, 1.54) is 0 Å². The highest BCUT2D eigenvalue weighted by Gasteiger charge is 2.13. The van der Waals surface area contributed by atoms with Gasteiger partial charge in [0.25, 0.3) is 0 Å². The van der Waals surface area contributed by atoms with Gasteiger partial charge in [0.05, 0.1) is 6.20 Å². The molecule has 0 aliphatic carbocycles. The second kappa shape index (κ2) is 5.69. The Balaban J connectivity index is 1.97. The number of rotatable bonds is 5. The molecular weight excluding hydrogens is 242 g/mol. The van der Waals surface area contributed by atoms with Crippen molar-refractivity contribution in [3.8, 4) is 0 Å². The van der Waals surface area contributed by atoms with E-state index < -0.39 is 0 Å². The molecule has 0 saturated heterocycles. The van der Waals surface area contributed by atoms with E-state index in [9.17, 15) is 4.79 Å². The summed E-state index contributed by atoms with van der Waals surface area (Å²) in [5, 5.41) is 10.0. The molecule has 0 aliphatic rings. The first-order chi connectivity index (χ1) is 9.06. The van der Waals surface area contributed by atoms with E-state index in [4.69, 9.17) is 0 Å². The molecule has 1 unspecified atom stereocenters. The molecular formula is C13H19N5O. The van der Waals surface area contributed by atoms with E-state index in [1.807, 2.05) is 19.2 Å². The summed E-state index contributed by atoms with van der Waals surface area (Å²) in [7, 11) is 0. The second-order valence-corrected chi connectivity index (χ2v) is 4.95. The molecule has 2 N–H and O–H groups in total. The van der Waals surface area contributed by atoms with Gasteiger partial charge in [0.1, 0.15) is 11.9 Å². The fourth-order valence-corrected chi connectivity index (χ4v) is 1.64. The zero-order valence-corrected chi connectivity index (χ0v) is 11.4. The van der Waals surface area contributed by atoms with Gasteiger partial charge in [-0.25, -0.2) is 9.50 Å². The van der Waals surface area contributed by atoms with E-state index in [2.05, 4.69) is 34.6 Å². The predicted molar refractivity (Wildman–Crippen MR) is 73.9 cm³/mol. The molecule has 2 rings (SSSR count). The molecule has 0 fully saturated rings. The van der Waals surface area contributed by atoms with E-state index in [-0.39, 0.29) is 11.9 Å². The van der Waals surface area contributed by atoms with Crippen molar-refractivity contribution in [1.29, 1.82) is 0 Å². The molecule has 6 heteroatoms. The molecule has 2 aromatic heterocycles. The minimum Gasteiger partial charge on any atom is -0.359 e. The average Bonchev–Trinajstić information content (AvgIpc) is 2.83. The van der Waals surface area contributed by atoms with Gasteiger partial charge >= 0.3 is 0 Å². The number of hydrogen-bond acceptors (Lipinski definition) is 4. The quantitative estimate of drug-likeness (QED) is 0.851. The highest BCUT2D eigenvalue weighted by atomic mass is 16.2. The molecule has 19 heavy (non-hydrogen) atoms. The van der Waals surface area contributed by atoms with Gasteiger partial charge in [-0.05, 0) is 18.9 Å². The number of aromatic nitrogens is 3. The Bertz CT molecular complexity index is 563. The van der Waals surface area contributed by atoms with Crippen LogP contribution in [0.2, 0.25) is 0 Å². The summed E-state index contributed by atoms with van der Waals surface area (Å²) in [6, 6.07) is 3.29. The zero-order chi connectivity index (χ0) is 13.8. The van der Waals surface area contributed by atoms with Crippen molar-refractivity contribution in [2.75, 3.05) is 11.9 Å². The summed E-state index contributed by atoms with van der Waals surface area (Å²) in [6.45, 7) is 6.62. The summed E-state index contributed by atoms with van der Waals surface area (Å²) < 4.78 is 1.68. The number of amides is 1. The minimum absolute atomic E-state index is 0.0242. The second-order valence-electron chi connectivity index (χ2n) is 4.95. The molecule has 0 radical (unpaired) electrons. The molecule has 0 aromatic carbocycles. The number of carbonyl (C=O) groups is 1. The molecule has 0 spiro atoms. The molecule has 6 nitrogen and oxygen atoms in total.